The second kappa shape index (κ2) is 7.68. The maximum Gasteiger partial charge on any atom is 0.335 e. The Balaban J connectivity index is 1.74. The highest BCUT2D eigenvalue weighted by molar-refractivity contribution is 6.33. The summed E-state index contributed by atoms with van der Waals surface area (Å²) in [6.45, 7) is 0. The van der Waals surface area contributed by atoms with Crippen LogP contribution in [0.3, 0.4) is 0 Å². The predicted molar refractivity (Wildman–Crippen MR) is 95.8 cm³/mol. The number of hydrogen-bond acceptors (Lipinski definition) is 6. The number of rotatable bonds is 5. The lowest BCUT2D eigenvalue weighted by Gasteiger charge is -2.30. The van der Waals surface area contributed by atoms with E-state index < -0.39 is 23.6 Å². The molecule has 0 spiro atoms. The fourth-order valence-electron chi connectivity index (χ4n) is 3.35. The third-order valence-corrected chi connectivity index (χ3v) is 5.30. The van der Waals surface area contributed by atoms with Crippen molar-refractivity contribution < 1.29 is 23.8 Å². The van der Waals surface area contributed by atoms with Gasteiger partial charge in [-0.05, 0) is 24.5 Å². The molecule has 1 aliphatic carbocycles. The molecule has 2 N–H and O–H groups in total. The molecule has 0 radical (unpaired) electrons. The first kappa shape index (κ1) is 18.7. The molecule has 1 heterocycles. The van der Waals surface area contributed by atoms with Gasteiger partial charge in [0, 0.05) is 6.42 Å². The third-order valence-electron chi connectivity index (χ3n) is 4.88. The summed E-state index contributed by atoms with van der Waals surface area (Å²) in [6, 6.07) is 5.16. The van der Waals surface area contributed by atoms with Crippen LogP contribution in [0.1, 0.15) is 37.7 Å². The molecule has 0 saturated heterocycles. The van der Waals surface area contributed by atoms with Gasteiger partial charge in [0.1, 0.15) is 17.0 Å². The topological polar surface area (TPSA) is 87.9 Å². The van der Waals surface area contributed by atoms with E-state index in [1.54, 1.807) is 18.2 Å². The molecule has 26 heavy (non-hydrogen) atoms. The van der Waals surface area contributed by atoms with Gasteiger partial charge >= 0.3 is 11.9 Å². The number of cyclic esters (lactones) is 1. The number of benzene rings is 1. The molecule has 1 fully saturated rings. The highest BCUT2D eigenvalue weighted by Crippen LogP contribution is 2.33. The Morgan fingerprint density at radius 1 is 1.35 bits per heavy atom. The Bertz CT molecular complexity index is 739. The standard InChI is InChI=1S/C19H22ClNO5/c1-24-14-11-16(22)25-15(14)10-12-6-5-7-13(17(12)20)26-18(23)19(21)8-3-2-4-9-19/h5-7,11,15H,2-4,8-10,21H2,1H3. The summed E-state index contributed by atoms with van der Waals surface area (Å²) in [5.74, 6) is -0.206. The minimum Gasteiger partial charge on any atom is -0.497 e. The van der Waals surface area contributed by atoms with Crippen LogP contribution in [0.5, 0.6) is 5.75 Å². The number of methoxy groups -OCH3 is 1. The van der Waals surface area contributed by atoms with E-state index in [9.17, 15) is 9.59 Å². The van der Waals surface area contributed by atoms with Gasteiger partial charge in [0.25, 0.3) is 0 Å². The quantitative estimate of drug-likeness (QED) is 0.625. The van der Waals surface area contributed by atoms with E-state index in [4.69, 9.17) is 31.5 Å². The van der Waals surface area contributed by atoms with Gasteiger partial charge in [-0.15, -0.1) is 0 Å². The van der Waals surface area contributed by atoms with Crippen molar-refractivity contribution >= 4 is 23.5 Å². The minimum atomic E-state index is -0.954. The van der Waals surface area contributed by atoms with Crippen molar-refractivity contribution in [3.8, 4) is 5.75 Å². The van der Waals surface area contributed by atoms with Crippen LogP contribution < -0.4 is 10.5 Å². The first-order valence-corrected chi connectivity index (χ1v) is 9.05. The third kappa shape index (κ3) is 3.86. The van der Waals surface area contributed by atoms with Crippen LogP contribution in [0, 0.1) is 0 Å². The minimum absolute atomic E-state index is 0.261. The zero-order chi connectivity index (χ0) is 18.7. The van der Waals surface area contributed by atoms with Gasteiger partial charge < -0.3 is 19.9 Å². The van der Waals surface area contributed by atoms with Gasteiger partial charge in [0.15, 0.2) is 6.10 Å². The number of ether oxygens (including phenoxy) is 3. The van der Waals surface area contributed by atoms with Gasteiger partial charge in [-0.2, -0.15) is 0 Å². The van der Waals surface area contributed by atoms with Crippen molar-refractivity contribution in [3.63, 3.8) is 0 Å². The Morgan fingerprint density at radius 3 is 2.77 bits per heavy atom. The molecule has 7 heteroatoms. The van der Waals surface area contributed by atoms with E-state index >= 15 is 0 Å². The van der Waals surface area contributed by atoms with E-state index in [2.05, 4.69) is 0 Å². The zero-order valence-electron chi connectivity index (χ0n) is 14.6. The number of carbonyl (C=O) groups excluding carboxylic acids is 2. The first-order chi connectivity index (χ1) is 12.4. The Kier molecular flexibility index (Phi) is 5.53. The molecule has 1 atom stereocenters. The second-order valence-electron chi connectivity index (χ2n) is 6.72. The molecule has 0 amide bonds. The summed E-state index contributed by atoms with van der Waals surface area (Å²) >= 11 is 6.42. The van der Waals surface area contributed by atoms with Crippen molar-refractivity contribution in [3.05, 3.63) is 40.6 Å². The fraction of sp³-hybridized carbons (Fsp3) is 0.474. The van der Waals surface area contributed by atoms with Gasteiger partial charge in [0.05, 0.1) is 18.2 Å². The number of nitrogens with two attached hydrogens (primary N) is 1. The summed E-state index contributed by atoms with van der Waals surface area (Å²) in [5.41, 5.74) is 5.96. The average Bonchev–Trinajstić information content (AvgIpc) is 2.98. The average molecular weight is 380 g/mol. The van der Waals surface area contributed by atoms with Crippen molar-refractivity contribution in [2.45, 2.75) is 50.2 Å². The number of hydrogen-bond donors (Lipinski definition) is 1. The molecule has 0 bridgehead atoms. The van der Waals surface area contributed by atoms with Crippen LogP contribution in [0.4, 0.5) is 0 Å². The molecule has 1 aromatic carbocycles. The first-order valence-electron chi connectivity index (χ1n) is 8.68. The van der Waals surface area contributed by atoms with Gasteiger partial charge in [-0.1, -0.05) is 43.0 Å². The van der Waals surface area contributed by atoms with E-state index in [0.29, 0.717) is 35.6 Å². The molecule has 1 aliphatic heterocycles. The predicted octanol–water partition coefficient (Wildman–Crippen LogP) is 2.91. The Morgan fingerprint density at radius 2 is 2.08 bits per heavy atom. The molecule has 3 rings (SSSR count). The van der Waals surface area contributed by atoms with Gasteiger partial charge in [0.2, 0.25) is 0 Å². The number of carbonyl (C=O) groups is 2. The Labute approximate surface area is 157 Å². The van der Waals surface area contributed by atoms with Crippen molar-refractivity contribution in [2.24, 2.45) is 5.73 Å². The molecular weight excluding hydrogens is 358 g/mol. The van der Waals surface area contributed by atoms with Crippen LogP contribution in [0.15, 0.2) is 30.0 Å². The molecule has 1 unspecified atom stereocenters. The number of halogens is 1. The normalized spacial score (nSPS) is 21.7. The highest BCUT2D eigenvalue weighted by atomic mass is 35.5. The summed E-state index contributed by atoms with van der Waals surface area (Å²) in [6.07, 6.45) is 5.23. The monoisotopic (exact) mass is 379 g/mol. The summed E-state index contributed by atoms with van der Waals surface area (Å²) in [7, 11) is 1.48. The zero-order valence-corrected chi connectivity index (χ0v) is 15.4. The molecule has 0 aromatic heterocycles. The molecule has 6 nitrogen and oxygen atoms in total. The molecule has 1 aromatic rings. The van der Waals surface area contributed by atoms with Crippen LogP contribution in [-0.4, -0.2) is 30.7 Å². The van der Waals surface area contributed by atoms with Crippen LogP contribution in [-0.2, 0) is 25.5 Å². The summed E-state index contributed by atoms with van der Waals surface area (Å²) < 4.78 is 15.9. The van der Waals surface area contributed by atoms with Gasteiger partial charge in [-0.3, -0.25) is 0 Å². The van der Waals surface area contributed by atoms with E-state index in [1.165, 1.54) is 13.2 Å². The number of esters is 2. The molecule has 140 valence electrons. The molecule has 2 aliphatic rings. The van der Waals surface area contributed by atoms with Gasteiger partial charge in [-0.25, -0.2) is 9.59 Å². The second-order valence-corrected chi connectivity index (χ2v) is 7.09. The maximum atomic E-state index is 12.5. The van der Waals surface area contributed by atoms with Crippen LogP contribution >= 0.6 is 11.6 Å². The SMILES string of the molecule is COC1=CC(=O)OC1Cc1cccc(OC(=O)C2(N)CCCCC2)c1Cl. The molecule has 1 saturated carbocycles. The summed E-state index contributed by atoms with van der Waals surface area (Å²) in [5, 5.41) is 0.304. The van der Waals surface area contributed by atoms with Crippen LogP contribution in [0.2, 0.25) is 5.02 Å². The lowest BCUT2D eigenvalue weighted by Crippen LogP contribution is -2.51. The van der Waals surface area contributed by atoms with E-state index in [-0.39, 0.29) is 5.75 Å². The van der Waals surface area contributed by atoms with Crippen molar-refractivity contribution in [1.29, 1.82) is 0 Å². The Hall–Kier alpha value is -2.05. The largest absolute Gasteiger partial charge is 0.497 e. The van der Waals surface area contributed by atoms with Crippen molar-refractivity contribution in [2.75, 3.05) is 7.11 Å². The van der Waals surface area contributed by atoms with Crippen molar-refractivity contribution in [1.82, 2.24) is 0 Å². The summed E-state index contributed by atoms with van der Waals surface area (Å²) in [4.78, 5) is 24.0. The fourth-order valence-corrected chi connectivity index (χ4v) is 3.60. The lowest BCUT2D eigenvalue weighted by molar-refractivity contribution is -0.141. The van der Waals surface area contributed by atoms with E-state index in [1.807, 2.05) is 0 Å². The maximum absolute atomic E-state index is 12.5. The lowest BCUT2D eigenvalue weighted by atomic mass is 9.83. The molecular formula is C19H22ClNO5. The highest BCUT2D eigenvalue weighted by Gasteiger charge is 2.37. The smallest absolute Gasteiger partial charge is 0.335 e. The van der Waals surface area contributed by atoms with Crippen LogP contribution in [0.25, 0.3) is 0 Å². The van der Waals surface area contributed by atoms with E-state index in [0.717, 1.165) is 19.3 Å².